The Morgan fingerprint density at radius 3 is 2.74 bits per heavy atom. The first kappa shape index (κ1) is 20.3. The molecule has 5 rings (SSSR count). The van der Waals surface area contributed by atoms with Crippen LogP contribution >= 0.6 is 11.3 Å². The molecule has 0 aliphatic carbocycles. The van der Waals surface area contributed by atoms with E-state index in [2.05, 4.69) is 39.5 Å². The van der Waals surface area contributed by atoms with Gasteiger partial charge in [0.2, 0.25) is 5.91 Å². The molecule has 5 heterocycles. The number of imidazole rings is 1. The summed E-state index contributed by atoms with van der Waals surface area (Å²) in [6.45, 7) is 8.12. The van der Waals surface area contributed by atoms with E-state index in [1.807, 2.05) is 34.9 Å². The Morgan fingerprint density at radius 1 is 1.19 bits per heavy atom. The van der Waals surface area contributed by atoms with Crippen molar-refractivity contribution >= 4 is 17.2 Å². The van der Waals surface area contributed by atoms with Crippen LogP contribution in [0.25, 0.3) is 0 Å². The summed E-state index contributed by atoms with van der Waals surface area (Å²) >= 11 is 1.68. The van der Waals surface area contributed by atoms with Gasteiger partial charge >= 0.3 is 0 Å². The van der Waals surface area contributed by atoms with Gasteiger partial charge in [-0.25, -0.2) is 9.97 Å². The summed E-state index contributed by atoms with van der Waals surface area (Å²) in [6.07, 6.45) is 10.3. The van der Waals surface area contributed by atoms with Crippen LogP contribution in [0.4, 0.5) is 0 Å². The van der Waals surface area contributed by atoms with Gasteiger partial charge in [-0.15, -0.1) is 11.3 Å². The van der Waals surface area contributed by atoms with Gasteiger partial charge in [-0.3, -0.25) is 14.7 Å². The molecule has 0 N–H and O–H groups in total. The summed E-state index contributed by atoms with van der Waals surface area (Å²) in [5.74, 6) is 0.359. The number of aromatic nitrogens is 4. The molecule has 0 aromatic carbocycles. The molecule has 0 unspecified atom stereocenters. The Balaban J connectivity index is 1.43. The lowest BCUT2D eigenvalue weighted by atomic mass is 9.75. The van der Waals surface area contributed by atoms with Crippen LogP contribution in [0, 0.1) is 5.41 Å². The number of thiazole rings is 1. The number of likely N-dealkylation sites (tertiary alicyclic amines) is 2. The van der Waals surface area contributed by atoms with Gasteiger partial charge in [-0.05, 0) is 38.0 Å². The predicted octanol–water partition coefficient (Wildman–Crippen LogP) is 3.33. The summed E-state index contributed by atoms with van der Waals surface area (Å²) in [7, 11) is 0. The number of nitrogens with zero attached hydrogens (tertiary/aromatic N) is 6. The van der Waals surface area contributed by atoms with Gasteiger partial charge < -0.3 is 9.47 Å². The van der Waals surface area contributed by atoms with Crippen molar-refractivity contribution in [3.63, 3.8) is 0 Å². The summed E-state index contributed by atoms with van der Waals surface area (Å²) in [5, 5.41) is 3.11. The van der Waals surface area contributed by atoms with Gasteiger partial charge in [-0.2, -0.15) is 0 Å². The largest absolute Gasteiger partial charge is 0.338 e. The molecule has 1 amide bonds. The third kappa shape index (κ3) is 3.78. The smallest absolute Gasteiger partial charge is 0.231 e. The van der Waals surface area contributed by atoms with Crippen LogP contribution in [0.1, 0.15) is 48.5 Å². The Morgan fingerprint density at radius 2 is 2.03 bits per heavy atom. The summed E-state index contributed by atoms with van der Waals surface area (Å²) in [6, 6.07) is 4.33. The van der Waals surface area contributed by atoms with Crippen LogP contribution in [0.3, 0.4) is 0 Å². The van der Waals surface area contributed by atoms with Gasteiger partial charge in [0, 0.05) is 68.3 Å². The third-order valence-corrected chi connectivity index (χ3v) is 7.46. The van der Waals surface area contributed by atoms with E-state index in [-0.39, 0.29) is 11.8 Å². The fraction of sp³-hybridized carbons (Fsp3) is 0.478. The van der Waals surface area contributed by atoms with E-state index in [0.717, 1.165) is 48.9 Å². The van der Waals surface area contributed by atoms with E-state index in [1.165, 1.54) is 0 Å². The topological polar surface area (TPSA) is 67.2 Å². The quantitative estimate of drug-likeness (QED) is 0.593. The fourth-order valence-electron chi connectivity index (χ4n) is 5.03. The Labute approximate surface area is 186 Å². The molecule has 162 valence electrons. The van der Waals surface area contributed by atoms with E-state index < -0.39 is 5.41 Å². The standard InChI is InChI=1S/C23H28N6OS/c1-17(2)29-13-20(26-16-29)19-12-27(14-21-25-8-10-31-21)15-23(19)5-9-28(22(23)30)11-18-3-6-24-7-4-18/h3-4,6-8,10,13,16-17,19H,5,9,11-12,14-15H2,1-2H3/t19-,23+/m0/s1. The molecule has 2 fully saturated rings. The molecule has 2 saturated heterocycles. The highest BCUT2D eigenvalue weighted by Crippen LogP contribution is 2.50. The molecule has 7 nitrogen and oxygen atoms in total. The summed E-state index contributed by atoms with van der Waals surface area (Å²) in [4.78, 5) is 31.6. The van der Waals surface area contributed by atoms with Crippen molar-refractivity contribution in [1.29, 1.82) is 0 Å². The maximum Gasteiger partial charge on any atom is 0.231 e. The molecule has 31 heavy (non-hydrogen) atoms. The number of amides is 1. The lowest BCUT2D eigenvalue weighted by Crippen LogP contribution is -2.39. The molecule has 0 bridgehead atoms. The van der Waals surface area contributed by atoms with Crippen LogP contribution in [-0.2, 0) is 17.9 Å². The number of pyridine rings is 1. The lowest BCUT2D eigenvalue weighted by Gasteiger charge is -2.28. The van der Waals surface area contributed by atoms with Crippen molar-refractivity contribution in [1.82, 2.24) is 29.3 Å². The normalized spacial score (nSPS) is 24.2. The van der Waals surface area contributed by atoms with E-state index in [9.17, 15) is 4.79 Å². The molecule has 8 heteroatoms. The van der Waals surface area contributed by atoms with Crippen LogP contribution in [0.2, 0.25) is 0 Å². The van der Waals surface area contributed by atoms with Crippen molar-refractivity contribution < 1.29 is 4.79 Å². The average Bonchev–Trinajstić information content (AvgIpc) is 3.55. The van der Waals surface area contributed by atoms with Crippen molar-refractivity contribution in [2.24, 2.45) is 5.41 Å². The zero-order valence-corrected chi connectivity index (χ0v) is 18.8. The van der Waals surface area contributed by atoms with Crippen LogP contribution < -0.4 is 0 Å². The van der Waals surface area contributed by atoms with E-state index in [1.54, 1.807) is 23.7 Å². The van der Waals surface area contributed by atoms with Gasteiger partial charge in [0.15, 0.2) is 0 Å². The van der Waals surface area contributed by atoms with Crippen LogP contribution in [0.15, 0.2) is 48.6 Å². The molecule has 2 aliphatic heterocycles. The Hall–Kier alpha value is -2.58. The van der Waals surface area contributed by atoms with Crippen LogP contribution in [0.5, 0.6) is 0 Å². The highest BCUT2D eigenvalue weighted by molar-refractivity contribution is 7.09. The molecular weight excluding hydrogens is 408 g/mol. The average molecular weight is 437 g/mol. The van der Waals surface area contributed by atoms with Gasteiger partial charge in [0.05, 0.1) is 24.0 Å². The first-order valence-electron chi connectivity index (χ1n) is 10.9. The molecule has 2 atom stereocenters. The third-order valence-electron chi connectivity index (χ3n) is 6.69. The molecule has 3 aromatic rings. The zero-order valence-electron chi connectivity index (χ0n) is 18.0. The SMILES string of the molecule is CC(C)n1cnc([C@@H]2CN(Cc3nccs3)C[C@]23CCN(Cc2ccncc2)C3=O)c1. The Bertz CT molecular complexity index is 1030. The lowest BCUT2D eigenvalue weighted by molar-refractivity contribution is -0.136. The molecule has 0 radical (unpaired) electrons. The van der Waals surface area contributed by atoms with E-state index in [4.69, 9.17) is 4.98 Å². The van der Waals surface area contributed by atoms with E-state index >= 15 is 0 Å². The van der Waals surface area contributed by atoms with Gasteiger partial charge in [-0.1, -0.05) is 0 Å². The molecular formula is C23H28N6OS. The molecule has 3 aromatic heterocycles. The van der Waals surface area contributed by atoms with Crippen LogP contribution in [-0.4, -0.2) is 54.9 Å². The number of hydrogen-bond acceptors (Lipinski definition) is 6. The highest BCUT2D eigenvalue weighted by atomic mass is 32.1. The fourth-order valence-corrected chi connectivity index (χ4v) is 5.69. The first-order valence-corrected chi connectivity index (χ1v) is 11.8. The second kappa shape index (κ2) is 8.16. The first-order chi connectivity index (χ1) is 15.0. The predicted molar refractivity (Wildman–Crippen MR) is 119 cm³/mol. The second-order valence-corrected chi connectivity index (χ2v) is 9.95. The van der Waals surface area contributed by atoms with Crippen molar-refractivity contribution in [3.8, 4) is 0 Å². The number of carbonyl (C=O) groups excluding carboxylic acids is 1. The summed E-state index contributed by atoms with van der Waals surface area (Å²) in [5.41, 5.74) is 1.74. The summed E-state index contributed by atoms with van der Waals surface area (Å²) < 4.78 is 2.14. The minimum Gasteiger partial charge on any atom is -0.338 e. The van der Waals surface area contributed by atoms with Gasteiger partial charge in [0.1, 0.15) is 5.01 Å². The maximum absolute atomic E-state index is 13.8. The van der Waals surface area contributed by atoms with Gasteiger partial charge in [0.25, 0.3) is 0 Å². The molecule has 0 saturated carbocycles. The second-order valence-electron chi connectivity index (χ2n) is 8.98. The monoisotopic (exact) mass is 436 g/mol. The highest BCUT2D eigenvalue weighted by Gasteiger charge is 2.57. The van der Waals surface area contributed by atoms with Crippen molar-refractivity contribution in [2.75, 3.05) is 19.6 Å². The molecule has 1 spiro atoms. The van der Waals surface area contributed by atoms with Crippen molar-refractivity contribution in [3.05, 3.63) is 64.9 Å². The number of hydrogen-bond donors (Lipinski definition) is 0. The Kier molecular flexibility index (Phi) is 5.35. The molecule has 2 aliphatic rings. The zero-order chi connectivity index (χ0) is 21.4. The number of carbonyl (C=O) groups is 1. The number of rotatable bonds is 6. The van der Waals surface area contributed by atoms with E-state index in [0.29, 0.717) is 12.6 Å². The minimum atomic E-state index is -0.416. The van der Waals surface area contributed by atoms with Crippen molar-refractivity contribution in [2.45, 2.75) is 45.3 Å². The minimum absolute atomic E-state index is 0.0994. The maximum atomic E-state index is 13.8.